The van der Waals surface area contributed by atoms with E-state index in [1.54, 1.807) is 4.90 Å². The van der Waals surface area contributed by atoms with Crippen LogP contribution < -0.4 is 0 Å². The number of hydrogen-bond acceptors (Lipinski definition) is 4. The van der Waals surface area contributed by atoms with Crippen molar-refractivity contribution < 1.29 is 18.0 Å². The Morgan fingerprint density at radius 1 is 1.16 bits per heavy atom. The van der Waals surface area contributed by atoms with Gasteiger partial charge in [0.1, 0.15) is 5.25 Å². The molecule has 0 saturated carbocycles. The molecule has 0 spiro atoms. The standard InChI is InChI=1S/C11H17ClN2O4S/c12-19(17,18)9-7-11(16)14(8-9)6-2-5-13-4-1-3-10(13)15/h9H,1-8H2. The Bertz CT molecular complexity index is 479. The van der Waals surface area contributed by atoms with Crippen molar-refractivity contribution in [1.29, 1.82) is 0 Å². The van der Waals surface area contributed by atoms with E-state index in [2.05, 4.69) is 0 Å². The topological polar surface area (TPSA) is 74.8 Å². The summed E-state index contributed by atoms with van der Waals surface area (Å²) in [7, 11) is 1.59. The molecular weight excluding hydrogens is 292 g/mol. The van der Waals surface area contributed by atoms with Crippen LogP contribution in [0, 0.1) is 0 Å². The van der Waals surface area contributed by atoms with E-state index in [1.165, 1.54) is 4.90 Å². The molecule has 0 N–H and O–H groups in total. The number of carbonyl (C=O) groups is 2. The van der Waals surface area contributed by atoms with Crippen molar-refractivity contribution in [1.82, 2.24) is 9.80 Å². The number of nitrogens with zero attached hydrogens (tertiary/aromatic N) is 2. The molecule has 0 aromatic carbocycles. The summed E-state index contributed by atoms with van der Waals surface area (Å²) in [5.74, 6) is -0.0177. The molecule has 8 heteroatoms. The zero-order valence-corrected chi connectivity index (χ0v) is 12.1. The van der Waals surface area contributed by atoms with Crippen LogP contribution in [0.15, 0.2) is 0 Å². The molecule has 2 aliphatic heterocycles. The van der Waals surface area contributed by atoms with E-state index in [1.807, 2.05) is 0 Å². The smallest absolute Gasteiger partial charge is 0.237 e. The lowest BCUT2D eigenvalue weighted by Gasteiger charge is -2.19. The second-order valence-corrected chi connectivity index (χ2v) is 7.89. The molecule has 1 atom stereocenters. The summed E-state index contributed by atoms with van der Waals surface area (Å²) in [6.45, 7) is 2.05. The number of halogens is 1. The van der Waals surface area contributed by atoms with Crippen LogP contribution in [0.2, 0.25) is 0 Å². The molecule has 0 aromatic rings. The first kappa shape index (κ1) is 14.6. The number of carbonyl (C=O) groups excluding carboxylic acids is 2. The molecule has 19 heavy (non-hydrogen) atoms. The van der Waals surface area contributed by atoms with Crippen molar-refractivity contribution in [2.75, 3.05) is 26.2 Å². The molecule has 2 fully saturated rings. The third-order valence-corrected chi connectivity index (χ3v) is 5.47. The van der Waals surface area contributed by atoms with E-state index in [0.29, 0.717) is 25.9 Å². The molecule has 0 bridgehead atoms. The van der Waals surface area contributed by atoms with Gasteiger partial charge in [0.05, 0.1) is 0 Å². The van der Waals surface area contributed by atoms with Crippen LogP contribution in [0.25, 0.3) is 0 Å². The highest BCUT2D eigenvalue weighted by molar-refractivity contribution is 8.14. The number of likely N-dealkylation sites (tertiary alicyclic amines) is 2. The summed E-state index contributed by atoms with van der Waals surface area (Å²) in [6, 6.07) is 0. The number of rotatable bonds is 5. The molecule has 0 radical (unpaired) electrons. The maximum Gasteiger partial charge on any atom is 0.237 e. The zero-order valence-electron chi connectivity index (χ0n) is 10.5. The third kappa shape index (κ3) is 3.60. The predicted molar refractivity (Wildman–Crippen MR) is 70.2 cm³/mol. The van der Waals surface area contributed by atoms with Crippen LogP contribution in [-0.4, -0.2) is 61.5 Å². The largest absolute Gasteiger partial charge is 0.343 e. The molecule has 6 nitrogen and oxygen atoms in total. The molecule has 0 aliphatic carbocycles. The molecule has 108 valence electrons. The third-order valence-electron chi connectivity index (χ3n) is 3.60. The van der Waals surface area contributed by atoms with E-state index in [-0.39, 0.29) is 24.8 Å². The van der Waals surface area contributed by atoms with E-state index >= 15 is 0 Å². The summed E-state index contributed by atoms with van der Waals surface area (Å²) in [6.07, 6.45) is 2.14. The average molecular weight is 309 g/mol. The summed E-state index contributed by atoms with van der Waals surface area (Å²) < 4.78 is 22.4. The second-order valence-electron chi connectivity index (χ2n) is 4.98. The first-order chi connectivity index (χ1) is 8.88. The zero-order chi connectivity index (χ0) is 14.0. The maximum absolute atomic E-state index is 11.6. The molecule has 2 rings (SSSR count). The van der Waals surface area contributed by atoms with Crippen molar-refractivity contribution in [3.05, 3.63) is 0 Å². The van der Waals surface area contributed by atoms with Gasteiger partial charge in [-0.1, -0.05) is 0 Å². The minimum atomic E-state index is -3.67. The first-order valence-electron chi connectivity index (χ1n) is 6.37. The van der Waals surface area contributed by atoms with Gasteiger partial charge in [-0.05, 0) is 12.8 Å². The monoisotopic (exact) mass is 308 g/mol. The van der Waals surface area contributed by atoms with E-state index < -0.39 is 14.3 Å². The fourth-order valence-corrected chi connectivity index (χ4v) is 3.59. The number of hydrogen-bond donors (Lipinski definition) is 0. The molecule has 2 amide bonds. The SMILES string of the molecule is O=C1CCCN1CCCN1CC(S(=O)(=O)Cl)CC1=O. The molecule has 2 aliphatic rings. The molecule has 0 aromatic heterocycles. The lowest BCUT2D eigenvalue weighted by molar-refractivity contribution is -0.128. The molecule has 1 unspecified atom stereocenters. The van der Waals surface area contributed by atoms with Crippen LogP contribution in [0.1, 0.15) is 25.7 Å². The van der Waals surface area contributed by atoms with Crippen LogP contribution in [0.4, 0.5) is 0 Å². The lowest BCUT2D eigenvalue weighted by Crippen LogP contribution is -2.32. The summed E-state index contributed by atoms with van der Waals surface area (Å²) in [5, 5.41) is -0.796. The van der Waals surface area contributed by atoms with Crippen molar-refractivity contribution in [3.8, 4) is 0 Å². The van der Waals surface area contributed by atoms with Gasteiger partial charge in [-0.25, -0.2) is 8.42 Å². The van der Waals surface area contributed by atoms with Gasteiger partial charge in [0.2, 0.25) is 20.9 Å². The van der Waals surface area contributed by atoms with Gasteiger partial charge in [0, 0.05) is 49.7 Å². The maximum atomic E-state index is 11.6. The van der Waals surface area contributed by atoms with Gasteiger partial charge >= 0.3 is 0 Å². The van der Waals surface area contributed by atoms with E-state index in [9.17, 15) is 18.0 Å². The molecular formula is C11H17ClN2O4S. The Hall–Kier alpha value is -0.820. The van der Waals surface area contributed by atoms with E-state index in [4.69, 9.17) is 10.7 Å². The summed E-state index contributed by atoms with van der Waals surface area (Å²) in [5.41, 5.74) is 0. The van der Waals surface area contributed by atoms with Crippen LogP contribution in [0.5, 0.6) is 0 Å². The quantitative estimate of drug-likeness (QED) is 0.679. The first-order valence-corrected chi connectivity index (χ1v) is 8.74. The average Bonchev–Trinajstić information content (AvgIpc) is 2.86. The van der Waals surface area contributed by atoms with Crippen molar-refractivity contribution in [3.63, 3.8) is 0 Å². The Morgan fingerprint density at radius 2 is 1.84 bits per heavy atom. The molecule has 2 saturated heterocycles. The normalized spacial score (nSPS) is 24.6. The minimum Gasteiger partial charge on any atom is -0.343 e. The highest BCUT2D eigenvalue weighted by Gasteiger charge is 2.36. The van der Waals surface area contributed by atoms with Crippen molar-refractivity contribution >= 4 is 31.5 Å². The summed E-state index contributed by atoms with van der Waals surface area (Å²) >= 11 is 0. The van der Waals surface area contributed by atoms with Gasteiger partial charge in [-0.3, -0.25) is 9.59 Å². The molecule has 2 heterocycles. The second kappa shape index (κ2) is 5.66. The Morgan fingerprint density at radius 3 is 2.37 bits per heavy atom. The van der Waals surface area contributed by atoms with Gasteiger partial charge in [0.25, 0.3) is 0 Å². The Balaban J connectivity index is 1.77. The predicted octanol–water partition coefficient (Wildman–Crippen LogP) is 0.168. The van der Waals surface area contributed by atoms with Crippen molar-refractivity contribution in [2.45, 2.75) is 30.9 Å². The van der Waals surface area contributed by atoms with Gasteiger partial charge in [0.15, 0.2) is 0 Å². The fraction of sp³-hybridized carbons (Fsp3) is 0.818. The number of amides is 2. The Kier molecular flexibility index (Phi) is 4.35. The fourth-order valence-electron chi connectivity index (χ4n) is 2.53. The highest BCUT2D eigenvalue weighted by Crippen LogP contribution is 2.21. The van der Waals surface area contributed by atoms with Crippen LogP contribution in [0.3, 0.4) is 0 Å². The van der Waals surface area contributed by atoms with Crippen LogP contribution in [-0.2, 0) is 18.6 Å². The minimum absolute atomic E-state index is 0.0333. The highest BCUT2D eigenvalue weighted by atomic mass is 35.7. The van der Waals surface area contributed by atoms with Crippen LogP contribution >= 0.6 is 10.7 Å². The van der Waals surface area contributed by atoms with Gasteiger partial charge < -0.3 is 9.80 Å². The van der Waals surface area contributed by atoms with Gasteiger partial charge in [-0.15, -0.1) is 0 Å². The Labute approximate surface area is 117 Å². The lowest BCUT2D eigenvalue weighted by atomic mass is 10.3. The van der Waals surface area contributed by atoms with Crippen molar-refractivity contribution in [2.24, 2.45) is 0 Å². The van der Waals surface area contributed by atoms with Gasteiger partial charge in [-0.2, -0.15) is 0 Å². The van der Waals surface area contributed by atoms with E-state index in [0.717, 1.165) is 13.0 Å². The summed E-state index contributed by atoms with van der Waals surface area (Å²) in [4.78, 5) is 26.4.